The summed E-state index contributed by atoms with van der Waals surface area (Å²) in [5, 5.41) is 12.2. The molecule has 1 N–H and O–H groups in total. The van der Waals surface area contributed by atoms with Crippen LogP contribution in [0.3, 0.4) is 0 Å². The molecule has 0 aliphatic carbocycles. The van der Waals surface area contributed by atoms with Crippen molar-refractivity contribution in [2.24, 2.45) is 5.92 Å². The van der Waals surface area contributed by atoms with Gasteiger partial charge in [-0.2, -0.15) is 0 Å². The van der Waals surface area contributed by atoms with Gasteiger partial charge >= 0.3 is 0 Å². The average molecular weight is 504 g/mol. The molecule has 0 spiro atoms. The van der Waals surface area contributed by atoms with Crippen molar-refractivity contribution in [3.05, 3.63) is 84.9 Å². The van der Waals surface area contributed by atoms with Crippen LogP contribution in [0.5, 0.6) is 5.75 Å². The zero-order valence-electron chi connectivity index (χ0n) is 22.2. The lowest BCUT2D eigenvalue weighted by molar-refractivity contribution is 0.214. The molecule has 4 nitrogen and oxygen atoms in total. The highest BCUT2D eigenvalue weighted by atomic mass is 28.4. The molecule has 192 valence electrons. The van der Waals surface area contributed by atoms with Crippen LogP contribution in [0.1, 0.15) is 40.0 Å². The highest BCUT2D eigenvalue weighted by Crippen LogP contribution is 2.39. The predicted octanol–water partition coefficient (Wildman–Crippen LogP) is 5.24. The molecule has 3 aromatic carbocycles. The van der Waals surface area contributed by atoms with E-state index in [1.165, 1.54) is 16.1 Å². The van der Waals surface area contributed by atoms with Gasteiger partial charge in [0.2, 0.25) is 0 Å². The second-order valence-electron chi connectivity index (χ2n) is 10.8. The van der Waals surface area contributed by atoms with Crippen molar-refractivity contribution in [3.63, 3.8) is 0 Å². The van der Waals surface area contributed by atoms with E-state index in [1.54, 1.807) is 7.11 Å². The molecule has 36 heavy (non-hydrogen) atoms. The summed E-state index contributed by atoms with van der Waals surface area (Å²) < 4.78 is 12.7. The van der Waals surface area contributed by atoms with Crippen molar-refractivity contribution in [1.82, 2.24) is 0 Å². The first-order valence-corrected chi connectivity index (χ1v) is 15.1. The standard InChI is InChI=1S/C31H41NO3Si/c1-31(2,3)36(28-12-7-5-8-13-28,29-14-9-6-10-15-29)35-24-25-21-22-32(30(25)16-11-23-33)26-17-19-27(34-4)20-18-26/h5-10,12-15,17-20,25,30,33H,11,16,21-24H2,1-4H3/t25-,30-/m1/s1. The lowest BCUT2D eigenvalue weighted by Gasteiger charge is -2.44. The third-order valence-electron chi connectivity index (χ3n) is 7.68. The van der Waals surface area contributed by atoms with Crippen LogP contribution in [0, 0.1) is 5.92 Å². The zero-order valence-corrected chi connectivity index (χ0v) is 23.2. The molecule has 2 atom stereocenters. The van der Waals surface area contributed by atoms with Crippen molar-refractivity contribution in [2.75, 3.05) is 31.8 Å². The van der Waals surface area contributed by atoms with E-state index in [0.29, 0.717) is 12.0 Å². The van der Waals surface area contributed by atoms with E-state index in [9.17, 15) is 5.11 Å². The Bertz CT molecular complexity index is 1030. The van der Waals surface area contributed by atoms with Crippen LogP contribution in [0.25, 0.3) is 0 Å². The number of aliphatic hydroxyl groups is 1. The van der Waals surface area contributed by atoms with Crippen LogP contribution in [-0.4, -0.2) is 46.3 Å². The molecule has 1 aliphatic rings. The van der Waals surface area contributed by atoms with Gasteiger partial charge in [-0.15, -0.1) is 0 Å². The monoisotopic (exact) mass is 503 g/mol. The Morgan fingerprint density at radius 2 is 1.47 bits per heavy atom. The minimum absolute atomic E-state index is 0.0371. The van der Waals surface area contributed by atoms with Crippen LogP contribution < -0.4 is 20.0 Å². The molecule has 3 aromatic rings. The van der Waals surface area contributed by atoms with Crippen molar-refractivity contribution in [1.29, 1.82) is 0 Å². The SMILES string of the molecule is COc1ccc(N2CC[C@H](CO[Si](c3ccccc3)(c3ccccc3)C(C)(C)C)[C@H]2CCCO)cc1. The summed E-state index contributed by atoms with van der Waals surface area (Å²) in [6, 6.07) is 30.5. The lowest BCUT2D eigenvalue weighted by atomic mass is 9.97. The van der Waals surface area contributed by atoms with Gasteiger partial charge in [0.1, 0.15) is 5.75 Å². The topological polar surface area (TPSA) is 41.9 Å². The highest BCUT2D eigenvalue weighted by Gasteiger charge is 2.51. The van der Waals surface area contributed by atoms with Gasteiger partial charge in [-0.25, -0.2) is 0 Å². The van der Waals surface area contributed by atoms with Crippen LogP contribution in [0.15, 0.2) is 84.9 Å². The third kappa shape index (κ3) is 5.39. The van der Waals surface area contributed by atoms with Gasteiger partial charge in [0, 0.05) is 37.4 Å². The van der Waals surface area contributed by atoms with Crippen LogP contribution in [0.4, 0.5) is 5.69 Å². The first kappa shape index (κ1) is 26.5. The van der Waals surface area contributed by atoms with E-state index in [2.05, 4.69) is 98.5 Å². The van der Waals surface area contributed by atoms with Crippen molar-refractivity contribution in [3.8, 4) is 5.75 Å². The number of hydrogen-bond acceptors (Lipinski definition) is 4. The molecule has 0 saturated carbocycles. The van der Waals surface area contributed by atoms with Gasteiger partial charge in [-0.3, -0.25) is 0 Å². The number of anilines is 1. The normalized spacial score (nSPS) is 18.4. The maximum absolute atomic E-state index is 9.64. The number of ether oxygens (including phenoxy) is 1. The number of benzene rings is 3. The third-order valence-corrected chi connectivity index (χ3v) is 12.7. The molecule has 4 rings (SSSR count). The number of hydrogen-bond donors (Lipinski definition) is 1. The molecule has 1 saturated heterocycles. The molecule has 5 heteroatoms. The molecule has 0 bridgehead atoms. The van der Waals surface area contributed by atoms with Crippen LogP contribution >= 0.6 is 0 Å². The Balaban J connectivity index is 1.65. The lowest BCUT2D eigenvalue weighted by Crippen LogP contribution is -2.67. The maximum Gasteiger partial charge on any atom is 0.261 e. The predicted molar refractivity (Wildman–Crippen MR) is 152 cm³/mol. The summed E-state index contributed by atoms with van der Waals surface area (Å²) in [7, 11) is -0.874. The Labute approximate surface area is 218 Å². The first-order chi connectivity index (χ1) is 17.4. The summed E-state index contributed by atoms with van der Waals surface area (Å²) in [4.78, 5) is 2.51. The summed E-state index contributed by atoms with van der Waals surface area (Å²) in [6.07, 6.45) is 2.84. The molecular weight excluding hydrogens is 462 g/mol. The Morgan fingerprint density at radius 3 is 1.97 bits per heavy atom. The molecule has 1 aliphatic heterocycles. The van der Waals surface area contributed by atoms with Gasteiger partial charge in [0.25, 0.3) is 8.32 Å². The summed E-state index contributed by atoms with van der Waals surface area (Å²) in [5.41, 5.74) is 1.21. The molecule has 0 radical (unpaired) electrons. The van der Waals surface area contributed by atoms with E-state index >= 15 is 0 Å². The Hall–Kier alpha value is -2.60. The minimum atomic E-state index is -2.58. The van der Waals surface area contributed by atoms with Crippen LogP contribution in [-0.2, 0) is 4.43 Å². The van der Waals surface area contributed by atoms with Crippen molar-refractivity contribution >= 4 is 24.4 Å². The van der Waals surface area contributed by atoms with Gasteiger partial charge in [-0.1, -0.05) is 81.4 Å². The summed E-state index contributed by atoms with van der Waals surface area (Å²) >= 11 is 0. The Morgan fingerprint density at radius 1 is 0.889 bits per heavy atom. The maximum atomic E-state index is 9.64. The molecule has 0 unspecified atom stereocenters. The fourth-order valence-corrected chi connectivity index (χ4v) is 10.5. The molecular formula is C31H41NO3Si. The summed E-state index contributed by atoms with van der Waals surface area (Å²) in [5.74, 6) is 1.27. The largest absolute Gasteiger partial charge is 0.497 e. The fourth-order valence-electron chi connectivity index (χ4n) is 5.89. The summed E-state index contributed by atoms with van der Waals surface area (Å²) in [6.45, 7) is 8.94. The number of methoxy groups -OCH3 is 1. The second-order valence-corrected chi connectivity index (χ2v) is 15.2. The number of nitrogens with zero attached hydrogens (tertiary/aromatic N) is 1. The Kier molecular flexibility index (Phi) is 8.55. The van der Waals surface area contributed by atoms with Crippen molar-refractivity contribution in [2.45, 2.75) is 51.1 Å². The van der Waals surface area contributed by atoms with Gasteiger partial charge in [-0.05, 0) is 58.9 Å². The van der Waals surface area contributed by atoms with Gasteiger partial charge in [0.05, 0.1) is 7.11 Å². The number of aliphatic hydroxyl groups excluding tert-OH is 1. The fraction of sp³-hybridized carbons (Fsp3) is 0.419. The van der Waals surface area contributed by atoms with E-state index in [1.807, 2.05) is 12.1 Å². The smallest absolute Gasteiger partial charge is 0.261 e. The van der Waals surface area contributed by atoms with E-state index in [-0.39, 0.29) is 11.6 Å². The first-order valence-electron chi connectivity index (χ1n) is 13.2. The highest BCUT2D eigenvalue weighted by molar-refractivity contribution is 6.99. The van der Waals surface area contributed by atoms with Gasteiger partial charge in [0.15, 0.2) is 0 Å². The zero-order chi connectivity index (χ0) is 25.6. The molecule has 1 heterocycles. The van der Waals surface area contributed by atoms with E-state index in [0.717, 1.165) is 38.2 Å². The van der Waals surface area contributed by atoms with Gasteiger partial charge < -0.3 is 19.2 Å². The molecule has 0 amide bonds. The molecule has 0 aromatic heterocycles. The minimum Gasteiger partial charge on any atom is -0.497 e. The van der Waals surface area contributed by atoms with Crippen molar-refractivity contribution < 1.29 is 14.3 Å². The van der Waals surface area contributed by atoms with Crippen LogP contribution in [0.2, 0.25) is 5.04 Å². The second kappa shape index (κ2) is 11.6. The number of rotatable bonds is 10. The molecule has 1 fully saturated rings. The van der Waals surface area contributed by atoms with E-state index < -0.39 is 8.32 Å². The van der Waals surface area contributed by atoms with E-state index in [4.69, 9.17) is 9.16 Å². The average Bonchev–Trinajstić information content (AvgIpc) is 3.31. The quantitative estimate of drug-likeness (QED) is 0.384.